The molecule has 2 rings (SSSR count). The monoisotopic (exact) mass is 250 g/mol. The number of hydrogen-bond acceptors (Lipinski definition) is 3. The predicted molar refractivity (Wildman–Crippen MR) is 63.5 cm³/mol. The molecule has 0 unspecified atom stereocenters. The molecule has 96 valence electrons. The molecule has 1 fully saturated rings. The quantitative estimate of drug-likeness (QED) is 0.826. The Morgan fingerprint density at radius 3 is 2.72 bits per heavy atom. The Morgan fingerprint density at radius 1 is 1.50 bits per heavy atom. The molecule has 1 N–H and O–H groups in total. The van der Waals surface area contributed by atoms with Gasteiger partial charge < -0.3 is 14.6 Å². The smallest absolute Gasteiger partial charge is 0.341 e. The van der Waals surface area contributed by atoms with E-state index in [4.69, 9.17) is 5.11 Å². The van der Waals surface area contributed by atoms with Gasteiger partial charge in [-0.2, -0.15) is 0 Å². The molecule has 0 spiro atoms. The Labute approximate surface area is 103 Å². The zero-order valence-corrected chi connectivity index (χ0v) is 10.00. The standard InChI is InChI=1S/C12H14N2O4/c1-13(8-4-5-8)10(15)7-14-6-2-3-9(11(14)16)12(17)18/h2-3,6,8H,4-5,7H2,1H3,(H,17,18). The van der Waals surface area contributed by atoms with E-state index in [1.165, 1.54) is 18.3 Å². The summed E-state index contributed by atoms with van der Waals surface area (Å²) in [5.74, 6) is -1.46. The first kappa shape index (κ1) is 12.3. The van der Waals surface area contributed by atoms with E-state index < -0.39 is 11.5 Å². The first-order valence-corrected chi connectivity index (χ1v) is 5.69. The molecule has 18 heavy (non-hydrogen) atoms. The summed E-state index contributed by atoms with van der Waals surface area (Å²) < 4.78 is 1.13. The third-order valence-corrected chi connectivity index (χ3v) is 3.04. The molecule has 0 radical (unpaired) electrons. The van der Waals surface area contributed by atoms with Crippen molar-refractivity contribution in [3.8, 4) is 0 Å². The van der Waals surface area contributed by atoms with Crippen molar-refractivity contribution in [1.82, 2.24) is 9.47 Å². The number of pyridine rings is 1. The number of likely N-dealkylation sites (N-methyl/N-ethyl adjacent to an activating group) is 1. The van der Waals surface area contributed by atoms with E-state index in [-0.39, 0.29) is 24.1 Å². The highest BCUT2D eigenvalue weighted by Gasteiger charge is 2.29. The van der Waals surface area contributed by atoms with Crippen molar-refractivity contribution in [2.75, 3.05) is 7.05 Å². The van der Waals surface area contributed by atoms with Gasteiger partial charge in [-0.25, -0.2) is 4.79 Å². The van der Waals surface area contributed by atoms with Crippen LogP contribution in [0.1, 0.15) is 23.2 Å². The number of amides is 1. The van der Waals surface area contributed by atoms with E-state index in [0.29, 0.717) is 0 Å². The molecule has 1 amide bonds. The van der Waals surface area contributed by atoms with Gasteiger partial charge in [0, 0.05) is 19.3 Å². The average molecular weight is 250 g/mol. The minimum Gasteiger partial charge on any atom is -0.477 e. The number of aromatic carboxylic acids is 1. The maximum absolute atomic E-state index is 11.8. The van der Waals surface area contributed by atoms with Crippen molar-refractivity contribution < 1.29 is 14.7 Å². The zero-order valence-electron chi connectivity index (χ0n) is 10.00. The fourth-order valence-corrected chi connectivity index (χ4v) is 1.75. The van der Waals surface area contributed by atoms with Crippen LogP contribution in [-0.4, -0.2) is 39.5 Å². The van der Waals surface area contributed by atoms with Crippen LogP contribution in [0.25, 0.3) is 0 Å². The van der Waals surface area contributed by atoms with Gasteiger partial charge in [-0.1, -0.05) is 0 Å². The van der Waals surface area contributed by atoms with Crippen LogP contribution in [0.5, 0.6) is 0 Å². The van der Waals surface area contributed by atoms with Crippen LogP contribution < -0.4 is 5.56 Å². The van der Waals surface area contributed by atoms with Gasteiger partial charge in [-0.15, -0.1) is 0 Å². The number of carbonyl (C=O) groups is 2. The van der Waals surface area contributed by atoms with Crippen LogP contribution >= 0.6 is 0 Å². The van der Waals surface area contributed by atoms with E-state index in [1.807, 2.05) is 0 Å². The second-order valence-electron chi connectivity index (χ2n) is 4.40. The van der Waals surface area contributed by atoms with Crippen molar-refractivity contribution in [3.05, 3.63) is 34.2 Å². The lowest BCUT2D eigenvalue weighted by molar-refractivity contribution is -0.131. The number of carboxylic acids is 1. The zero-order chi connectivity index (χ0) is 13.3. The maximum atomic E-state index is 11.8. The Kier molecular flexibility index (Phi) is 3.18. The molecule has 1 aliphatic rings. The largest absolute Gasteiger partial charge is 0.477 e. The molecule has 1 heterocycles. The van der Waals surface area contributed by atoms with Crippen LogP contribution in [0, 0.1) is 0 Å². The van der Waals surface area contributed by atoms with Crippen LogP contribution in [0.2, 0.25) is 0 Å². The third-order valence-electron chi connectivity index (χ3n) is 3.04. The SMILES string of the molecule is CN(C(=O)Cn1cccc(C(=O)O)c1=O)C1CC1. The van der Waals surface area contributed by atoms with Gasteiger partial charge in [0.15, 0.2) is 0 Å². The maximum Gasteiger partial charge on any atom is 0.341 e. The fraction of sp³-hybridized carbons (Fsp3) is 0.417. The van der Waals surface area contributed by atoms with Crippen molar-refractivity contribution in [1.29, 1.82) is 0 Å². The lowest BCUT2D eigenvalue weighted by atomic mass is 10.3. The van der Waals surface area contributed by atoms with Gasteiger partial charge >= 0.3 is 5.97 Å². The molecule has 6 nitrogen and oxygen atoms in total. The molecule has 0 atom stereocenters. The van der Waals surface area contributed by atoms with Crippen molar-refractivity contribution in [2.24, 2.45) is 0 Å². The van der Waals surface area contributed by atoms with E-state index in [9.17, 15) is 14.4 Å². The van der Waals surface area contributed by atoms with Crippen LogP contribution in [0.15, 0.2) is 23.1 Å². The first-order valence-electron chi connectivity index (χ1n) is 5.69. The molecule has 0 bridgehead atoms. The lowest BCUT2D eigenvalue weighted by Crippen LogP contribution is -2.36. The molecule has 0 aromatic carbocycles. The summed E-state index contributed by atoms with van der Waals surface area (Å²) >= 11 is 0. The number of nitrogens with zero attached hydrogens (tertiary/aromatic N) is 2. The van der Waals surface area contributed by atoms with Crippen LogP contribution in [0.4, 0.5) is 0 Å². The first-order chi connectivity index (χ1) is 8.50. The number of hydrogen-bond donors (Lipinski definition) is 1. The summed E-state index contributed by atoms with van der Waals surface area (Å²) in [6.45, 7) is -0.118. The van der Waals surface area contributed by atoms with Gasteiger partial charge in [0.2, 0.25) is 5.91 Å². The molecule has 6 heteroatoms. The van der Waals surface area contributed by atoms with Gasteiger partial charge in [-0.05, 0) is 25.0 Å². The summed E-state index contributed by atoms with van der Waals surface area (Å²) in [4.78, 5) is 36.0. The van der Waals surface area contributed by atoms with E-state index in [0.717, 1.165) is 17.4 Å². The third kappa shape index (κ3) is 2.42. The highest BCUT2D eigenvalue weighted by molar-refractivity contribution is 5.87. The number of carbonyl (C=O) groups excluding carboxylic acids is 1. The Hall–Kier alpha value is -2.11. The van der Waals surface area contributed by atoms with Gasteiger partial charge in [0.25, 0.3) is 5.56 Å². The minimum atomic E-state index is -1.28. The summed E-state index contributed by atoms with van der Waals surface area (Å²) in [5.41, 5.74) is -0.970. The molecular formula is C12H14N2O4. The number of carboxylic acid groups (broad SMARTS) is 1. The minimum absolute atomic E-state index is 0.118. The second-order valence-corrected chi connectivity index (χ2v) is 4.40. The van der Waals surface area contributed by atoms with Crippen molar-refractivity contribution >= 4 is 11.9 Å². The topological polar surface area (TPSA) is 79.6 Å². The summed E-state index contributed by atoms with van der Waals surface area (Å²) in [6.07, 6.45) is 3.41. The molecular weight excluding hydrogens is 236 g/mol. The Morgan fingerprint density at radius 2 is 2.17 bits per heavy atom. The predicted octanol–water partition coefficient (Wildman–Crippen LogP) is 0.167. The van der Waals surface area contributed by atoms with Gasteiger partial charge in [-0.3, -0.25) is 9.59 Å². The molecule has 0 saturated heterocycles. The molecule has 1 aromatic rings. The molecule has 1 aliphatic carbocycles. The summed E-state index contributed by atoms with van der Waals surface area (Å²) in [6, 6.07) is 2.96. The highest BCUT2D eigenvalue weighted by atomic mass is 16.4. The lowest BCUT2D eigenvalue weighted by Gasteiger charge is -2.16. The molecule has 0 aliphatic heterocycles. The Bertz CT molecular complexity index is 545. The van der Waals surface area contributed by atoms with Crippen molar-refractivity contribution in [2.45, 2.75) is 25.4 Å². The number of rotatable bonds is 4. The fourth-order valence-electron chi connectivity index (χ4n) is 1.75. The number of aromatic nitrogens is 1. The van der Waals surface area contributed by atoms with E-state index in [2.05, 4.69) is 0 Å². The van der Waals surface area contributed by atoms with Crippen LogP contribution in [0.3, 0.4) is 0 Å². The van der Waals surface area contributed by atoms with Gasteiger partial charge in [0.05, 0.1) is 0 Å². The summed E-state index contributed by atoms with van der Waals surface area (Å²) in [7, 11) is 1.70. The normalized spacial score (nSPS) is 14.3. The van der Waals surface area contributed by atoms with Gasteiger partial charge in [0.1, 0.15) is 12.1 Å². The highest BCUT2D eigenvalue weighted by Crippen LogP contribution is 2.25. The molecule has 1 aromatic heterocycles. The van der Waals surface area contributed by atoms with Crippen molar-refractivity contribution in [3.63, 3.8) is 0 Å². The van der Waals surface area contributed by atoms with Crippen LogP contribution in [-0.2, 0) is 11.3 Å². The second kappa shape index (κ2) is 4.64. The van der Waals surface area contributed by atoms with E-state index >= 15 is 0 Å². The Balaban J connectivity index is 2.19. The average Bonchev–Trinajstić information content (AvgIpc) is 3.14. The van der Waals surface area contributed by atoms with E-state index in [1.54, 1.807) is 11.9 Å². The summed E-state index contributed by atoms with van der Waals surface area (Å²) in [5, 5.41) is 8.82. The molecule has 1 saturated carbocycles.